The second-order valence-electron chi connectivity index (χ2n) is 12.0. The second kappa shape index (κ2) is 14.3. The van der Waals surface area contributed by atoms with Gasteiger partial charge in [-0.05, 0) is 64.7 Å². The summed E-state index contributed by atoms with van der Waals surface area (Å²) in [4.78, 5) is 31.5. The van der Waals surface area contributed by atoms with Gasteiger partial charge in [0, 0.05) is 49.7 Å². The Bertz CT molecular complexity index is 1540. The number of amides is 1. The summed E-state index contributed by atoms with van der Waals surface area (Å²) in [5.74, 6) is 8.06. The van der Waals surface area contributed by atoms with Crippen LogP contribution in [0.2, 0.25) is 0 Å². The normalized spacial score (nSPS) is 14.5. The zero-order valence-electron chi connectivity index (χ0n) is 26.8. The molecule has 0 bridgehead atoms. The van der Waals surface area contributed by atoms with Gasteiger partial charge in [0.1, 0.15) is 17.9 Å². The van der Waals surface area contributed by atoms with Gasteiger partial charge in [-0.15, -0.1) is 0 Å². The van der Waals surface area contributed by atoms with Crippen molar-refractivity contribution >= 4 is 34.6 Å². The van der Waals surface area contributed by atoms with Crippen molar-refractivity contribution < 1.29 is 14.4 Å². The number of nitrogens with zero attached hydrogens (tertiary/aromatic N) is 5. The van der Waals surface area contributed by atoms with Gasteiger partial charge in [-0.2, -0.15) is 0 Å². The molecule has 1 aromatic heterocycles. The molecule has 2 aromatic carbocycles. The number of anilines is 5. The number of carbonyl (C=O) groups excluding carboxylic acids is 1. The van der Waals surface area contributed by atoms with Crippen molar-refractivity contribution in [2.24, 2.45) is 5.41 Å². The fourth-order valence-corrected chi connectivity index (χ4v) is 4.66. The van der Waals surface area contributed by atoms with E-state index in [2.05, 4.69) is 81.7 Å². The summed E-state index contributed by atoms with van der Waals surface area (Å²) >= 11 is 0. The molecule has 1 amide bonds. The van der Waals surface area contributed by atoms with E-state index in [0.29, 0.717) is 35.4 Å². The molecule has 44 heavy (non-hydrogen) atoms. The largest absolute Gasteiger partial charge is 0.494 e. The van der Waals surface area contributed by atoms with E-state index >= 15 is 0 Å². The van der Waals surface area contributed by atoms with E-state index in [9.17, 15) is 4.79 Å². The highest BCUT2D eigenvalue weighted by Crippen LogP contribution is 2.39. The molecule has 0 aliphatic carbocycles. The Morgan fingerprint density at radius 2 is 1.95 bits per heavy atom. The third-order valence-corrected chi connectivity index (χ3v) is 6.95. The van der Waals surface area contributed by atoms with Gasteiger partial charge in [-0.1, -0.05) is 30.6 Å². The molecule has 3 aromatic rings. The third kappa shape index (κ3) is 8.49. The number of hydrogen-bond acceptors (Lipinski definition) is 9. The number of hydroxylamine groups is 1. The van der Waals surface area contributed by atoms with Gasteiger partial charge in [-0.3, -0.25) is 9.63 Å². The molecule has 2 heterocycles. The van der Waals surface area contributed by atoms with Gasteiger partial charge in [-0.25, -0.2) is 15.0 Å². The molecular weight excluding hydrogens is 554 g/mol. The summed E-state index contributed by atoms with van der Waals surface area (Å²) in [5.41, 5.74) is 4.06. The Kier molecular flexibility index (Phi) is 10.5. The lowest BCUT2D eigenvalue weighted by Gasteiger charge is -2.26. The van der Waals surface area contributed by atoms with Crippen LogP contribution >= 0.6 is 0 Å². The Morgan fingerprint density at radius 3 is 2.66 bits per heavy atom. The Hall–Kier alpha value is -4.59. The summed E-state index contributed by atoms with van der Waals surface area (Å²) in [6.07, 6.45) is 3.56. The van der Waals surface area contributed by atoms with Crippen LogP contribution in [0.1, 0.15) is 44.4 Å². The highest BCUT2D eigenvalue weighted by Gasteiger charge is 2.29. The minimum atomic E-state index is -0.307. The van der Waals surface area contributed by atoms with Crippen LogP contribution in [-0.2, 0) is 9.63 Å². The van der Waals surface area contributed by atoms with Crippen molar-refractivity contribution in [1.29, 1.82) is 0 Å². The number of benzene rings is 2. The SMILES string of the molecule is C=CC(=O)Nc1cc(Nc2cc(N3OCC[C@@H]3c3cccc(C#CC(C)(C)C)c3)ncn2)c(OC)cc1N(C)CCN(C)C. The van der Waals surface area contributed by atoms with E-state index < -0.39 is 0 Å². The van der Waals surface area contributed by atoms with Crippen LogP contribution in [0, 0.1) is 17.3 Å². The van der Waals surface area contributed by atoms with Crippen molar-refractivity contribution in [3.05, 3.63) is 72.6 Å². The molecule has 1 aliphatic rings. The summed E-state index contributed by atoms with van der Waals surface area (Å²) in [7, 11) is 7.63. The van der Waals surface area contributed by atoms with E-state index in [4.69, 9.17) is 9.57 Å². The number of aromatic nitrogens is 2. The minimum Gasteiger partial charge on any atom is -0.494 e. The zero-order valence-corrected chi connectivity index (χ0v) is 26.8. The first kappa shape index (κ1) is 32.3. The van der Waals surface area contributed by atoms with Crippen molar-refractivity contribution in [1.82, 2.24) is 14.9 Å². The van der Waals surface area contributed by atoms with Gasteiger partial charge in [0.15, 0.2) is 5.82 Å². The maximum absolute atomic E-state index is 12.3. The summed E-state index contributed by atoms with van der Waals surface area (Å²) < 4.78 is 5.76. The molecule has 1 aliphatic heterocycles. The first-order valence-electron chi connectivity index (χ1n) is 14.6. The van der Waals surface area contributed by atoms with Gasteiger partial charge >= 0.3 is 0 Å². The molecule has 0 unspecified atom stereocenters. The summed E-state index contributed by atoms with van der Waals surface area (Å²) in [5, 5.41) is 8.11. The maximum atomic E-state index is 12.3. The lowest BCUT2D eigenvalue weighted by Crippen LogP contribution is -2.29. The highest BCUT2D eigenvalue weighted by atomic mass is 16.7. The Balaban J connectivity index is 1.62. The molecular formula is C34H43N7O3. The van der Waals surface area contributed by atoms with Gasteiger partial charge in [0.25, 0.3) is 0 Å². The third-order valence-electron chi connectivity index (χ3n) is 6.95. The summed E-state index contributed by atoms with van der Waals surface area (Å²) in [6.45, 7) is 12.1. The Labute approximate surface area is 261 Å². The van der Waals surface area contributed by atoms with Crippen molar-refractivity contribution in [2.75, 3.05) is 68.5 Å². The lowest BCUT2D eigenvalue weighted by atomic mass is 9.96. The summed E-state index contributed by atoms with van der Waals surface area (Å²) in [6, 6.07) is 13.8. The minimum absolute atomic E-state index is 0.0265. The molecule has 0 radical (unpaired) electrons. The lowest BCUT2D eigenvalue weighted by molar-refractivity contribution is -0.111. The number of likely N-dealkylation sites (N-methyl/N-ethyl adjacent to an activating group) is 2. The molecule has 1 atom stereocenters. The average Bonchev–Trinajstić information content (AvgIpc) is 3.49. The Morgan fingerprint density at radius 1 is 1.16 bits per heavy atom. The monoisotopic (exact) mass is 597 g/mol. The maximum Gasteiger partial charge on any atom is 0.247 e. The standard InChI is InChI=1S/C34H43N7O3/c1-9-33(42)38-26-20-27(30(43-8)21-29(26)40(7)17-16-39(5)6)37-31-22-32(36-23-35-31)41-28(14-18-44-41)25-12-10-11-24(19-25)13-15-34(2,3)4/h9-12,19-23,28H,1,14,16-18H2,2-8H3,(H,38,42)(H,35,36,37)/t28-/m1/s1. The average molecular weight is 598 g/mol. The molecule has 4 rings (SSSR count). The number of ether oxygens (including phenoxy) is 1. The zero-order chi connectivity index (χ0) is 31.9. The van der Waals surface area contributed by atoms with Gasteiger partial charge in [0.05, 0.1) is 36.8 Å². The van der Waals surface area contributed by atoms with Crippen LogP contribution in [0.4, 0.5) is 28.7 Å². The van der Waals surface area contributed by atoms with Crippen LogP contribution in [-0.4, -0.2) is 68.7 Å². The highest BCUT2D eigenvalue weighted by molar-refractivity contribution is 6.02. The van der Waals surface area contributed by atoms with Gasteiger partial charge < -0.3 is 25.2 Å². The van der Waals surface area contributed by atoms with Crippen LogP contribution in [0.5, 0.6) is 5.75 Å². The van der Waals surface area contributed by atoms with Crippen molar-refractivity contribution in [3.63, 3.8) is 0 Å². The predicted molar refractivity (Wildman–Crippen MR) is 178 cm³/mol. The number of methoxy groups -OCH3 is 1. The molecule has 10 heteroatoms. The molecule has 2 N–H and O–H groups in total. The number of nitrogens with one attached hydrogen (secondary N) is 2. The van der Waals surface area contributed by atoms with E-state index in [-0.39, 0.29) is 17.4 Å². The predicted octanol–water partition coefficient (Wildman–Crippen LogP) is 5.63. The first-order chi connectivity index (χ1) is 21.0. The quantitative estimate of drug-likeness (QED) is 0.215. The van der Waals surface area contributed by atoms with E-state index in [0.717, 1.165) is 36.3 Å². The fourth-order valence-electron chi connectivity index (χ4n) is 4.66. The van der Waals surface area contributed by atoms with Crippen LogP contribution < -0.4 is 25.3 Å². The number of carbonyl (C=O) groups is 1. The number of rotatable bonds is 11. The molecule has 10 nitrogen and oxygen atoms in total. The smallest absolute Gasteiger partial charge is 0.247 e. The first-order valence-corrected chi connectivity index (χ1v) is 14.6. The van der Waals surface area contributed by atoms with Crippen molar-refractivity contribution in [3.8, 4) is 17.6 Å². The molecule has 232 valence electrons. The molecule has 0 saturated carbocycles. The van der Waals surface area contributed by atoms with E-state index in [1.54, 1.807) is 7.11 Å². The fraction of sp³-hybridized carbons (Fsp3) is 0.382. The van der Waals surface area contributed by atoms with Crippen LogP contribution in [0.25, 0.3) is 0 Å². The van der Waals surface area contributed by atoms with Crippen molar-refractivity contribution in [2.45, 2.75) is 33.2 Å². The molecule has 1 saturated heterocycles. The van der Waals surface area contributed by atoms with E-state index in [1.165, 1.54) is 12.4 Å². The van der Waals surface area contributed by atoms with Crippen LogP contribution in [0.3, 0.4) is 0 Å². The van der Waals surface area contributed by atoms with E-state index in [1.807, 2.05) is 56.5 Å². The topological polar surface area (TPSA) is 95.1 Å². The molecule has 1 fully saturated rings. The van der Waals surface area contributed by atoms with Gasteiger partial charge in [0.2, 0.25) is 5.91 Å². The number of hydrogen-bond donors (Lipinski definition) is 2. The second-order valence-corrected chi connectivity index (χ2v) is 12.0. The van der Waals surface area contributed by atoms with Crippen LogP contribution in [0.15, 0.2) is 61.4 Å². The molecule has 0 spiro atoms.